The van der Waals surface area contributed by atoms with E-state index in [0.29, 0.717) is 18.5 Å². The molecule has 0 saturated heterocycles. The molecule has 0 heterocycles. The molecule has 5 heteroatoms. The maximum absolute atomic E-state index is 11.9. The number of rotatable bonds is 6. The van der Waals surface area contributed by atoms with Crippen LogP contribution in [0.4, 0.5) is 10.5 Å². The Balaban J connectivity index is 1.97. The van der Waals surface area contributed by atoms with Crippen molar-refractivity contribution in [2.24, 2.45) is 0 Å². The smallest absolute Gasteiger partial charge is 0.321 e. The van der Waals surface area contributed by atoms with Gasteiger partial charge in [0.15, 0.2) is 0 Å². The van der Waals surface area contributed by atoms with E-state index >= 15 is 0 Å². The SMILES string of the molecule is CCCCN(C)C(=O)Nc1ccc(C2(C(=O)O)CC2)cc1. The van der Waals surface area contributed by atoms with Gasteiger partial charge in [-0.05, 0) is 37.0 Å². The maximum Gasteiger partial charge on any atom is 0.321 e. The number of benzene rings is 1. The van der Waals surface area contributed by atoms with Crippen LogP contribution in [0.1, 0.15) is 38.2 Å². The van der Waals surface area contributed by atoms with E-state index in [1.807, 2.05) is 0 Å². The number of aliphatic carboxylic acids is 1. The number of carbonyl (C=O) groups excluding carboxylic acids is 1. The summed E-state index contributed by atoms with van der Waals surface area (Å²) in [4.78, 5) is 24.9. The maximum atomic E-state index is 11.9. The molecule has 0 radical (unpaired) electrons. The average molecular weight is 290 g/mol. The summed E-state index contributed by atoms with van der Waals surface area (Å²) in [6.45, 7) is 2.81. The first-order valence-corrected chi connectivity index (χ1v) is 7.35. The van der Waals surface area contributed by atoms with Crippen molar-refractivity contribution in [1.82, 2.24) is 4.90 Å². The number of carboxylic acids is 1. The number of carboxylic acid groups (broad SMARTS) is 1. The lowest BCUT2D eigenvalue weighted by Gasteiger charge is -2.18. The molecule has 2 rings (SSSR count). The first-order chi connectivity index (χ1) is 9.99. The molecule has 114 valence electrons. The Morgan fingerprint density at radius 1 is 1.29 bits per heavy atom. The third-order valence-electron chi connectivity index (χ3n) is 4.04. The summed E-state index contributed by atoms with van der Waals surface area (Å²) >= 11 is 0. The molecule has 1 aromatic rings. The molecule has 2 N–H and O–H groups in total. The quantitative estimate of drug-likeness (QED) is 0.846. The molecule has 1 fully saturated rings. The van der Waals surface area contributed by atoms with Crippen LogP contribution in [-0.2, 0) is 10.2 Å². The van der Waals surface area contributed by atoms with Crippen molar-refractivity contribution >= 4 is 17.7 Å². The minimum absolute atomic E-state index is 0.143. The molecule has 0 unspecified atom stereocenters. The molecular formula is C16H22N2O3. The summed E-state index contributed by atoms with van der Waals surface area (Å²) in [5, 5.41) is 12.1. The van der Waals surface area contributed by atoms with Crippen molar-refractivity contribution in [3.05, 3.63) is 29.8 Å². The van der Waals surface area contributed by atoms with Crippen LogP contribution < -0.4 is 5.32 Å². The van der Waals surface area contributed by atoms with Gasteiger partial charge in [-0.3, -0.25) is 4.79 Å². The minimum atomic E-state index is -0.765. The fraction of sp³-hybridized carbons (Fsp3) is 0.500. The number of hydrogen-bond donors (Lipinski definition) is 2. The van der Waals surface area contributed by atoms with Crippen molar-refractivity contribution in [3.63, 3.8) is 0 Å². The molecule has 1 aliphatic rings. The summed E-state index contributed by atoms with van der Waals surface area (Å²) in [5.41, 5.74) is 0.807. The lowest BCUT2D eigenvalue weighted by atomic mass is 9.96. The van der Waals surface area contributed by atoms with Crippen molar-refractivity contribution in [2.75, 3.05) is 18.9 Å². The Bertz CT molecular complexity index is 521. The third kappa shape index (κ3) is 3.35. The molecule has 21 heavy (non-hydrogen) atoms. The van der Waals surface area contributed by atoms with Crippen LogP contribution in [0.15, 0.2) is 24.3 Å². The van der Waals surface area contributed by atoms with Crippen LogP contribution >= 0.6 is 0 Å². The van der Waals surface area contributed by atoms with Crippen LogP contribution in [0.3, 0.4) is 0 Å². The number of nitrogens with zero attached hydrogens (tertiary/aromatic N) is 1. The zero-order chi connectivity index (χ0) is 15.5. The Morgan fingerprint density at radius 2 is 1.90 bits per heavy atom. The number of hydrogen-bond acceptors (Lipinski definition) is 2. The van der Waals surface area contributed by atoms with Crippen molar-refractivity contribution < 1.29 is 14.7 Å². The number of unbranched alkanes of at least 4 members (excludes halogenated alkanes) is 1. The van der Waals surface area contributed by atoms with Gasteiger partial charge in [0.25, 0.3) is 0 Å². The van der Waals surface area contributed by atoms with E-state index in [-0.39, 0.29) is 6.03 Å². The van der Waals surface area contributed by atoms with Gasteiger partial charge in [-0.15, -0.1) is 0 Å². The van der Waals surface area contributed by atoms with E-state index in [1.54, 1.807) is 36.2 Å². The normalized spacial score (nSPS) is 15.3. The summed E-state index contributed by atoms with van der Waals surface area (Å²) in [7, 11) is 1.77. The molecule has 0 bridgehead atoms. The summed E-state index contributed by atoms with van der Waals surface area (Å²) in [6.07, 6.45) is 3.40. The van der Waals surface area contributed by atoms with E-state index in [0.717, 1.165) is 24.9 Å². The largest absolute Gasteiger partial charge is 0.481 e. The van der Waals surface area contributed by atoms with Crippen molar-refractivity contribution in [2.45, 2.75) is 38.0 Å². The number of urea groups is 1. The monoisotopic (exact) mass is 290 g/mol. The van der Waals surface area contributed by atoms with Gasteiger partial charge < -0.3 is 15.3 Å². The minimum Gasteiger partial charge on any atom is -0.481 e. The lowest BCUT2D eigenvalue weighted by molar-refractivity contribution is -0.140. The summed E-state index contributed by atoms with van der Waals surface area (Å²) in [5.74, 6) is -0.765. The molecule has 5 nitrogen and oxygen atoms in total. The van der Waals surface area contributed by atoms with Crippen LogP contribution in [0.25, 0.3) is 0 Å². The Kier molecular flexibility index (Phi) is 4.50. The van der Waals surface area contributed by atoms with Crippen molar-refractivity contribution in [3.8, 4) is 0 Å². The standard InChI is InChI=1S/C16H22N2O3/c1-3-4-11-18(2)15(21)17-13-7-5-12(6-8-13)16(9-10-16)14(19)20/h5-8H,3-4,9-11H2,1-2H3,(H,17,21)(H,19,20). The Morgan fingerprint density at radius 3 is 2.38 bits per heavy atom. The van der Waals surface area contributed by atoms with E-state index in [1.165, 1.54) is 0 Å². The topological polar surface area (TPSA) is 69.6 Å². The second kappa shape index (κ2) is 6.16. The molecule has 0 aromatic heterocycles. The molecule has 1 aliphatic carbocycles. The molecule has 1 aromatic carbocycles. The van der Waals surface area contributed by atoms with E-state index in [9.17, 15) is 14.7 Å². The summed E-state index contributed by atoms with van der Waals surface area (Å²) < 4.78 is 0. The highest BCUT2D eigenvalue weighted by molar-refractivity contribution is 5.89. The molecule has 0 spiro atoms. The second-order valence-electron chi connectivity index (χ2n) is 5.67. The Labute approximate surface area is 125 Å². The van der Waals surface area contributed by atoms with Gasteiger partial charge in [0, 0.05) is 19.3 Å². The zero-order valence-corrected chi connectivity index (χ0v) is 12.6. The van der Waals surface area contributed by atoms with Gasteiger partial charge in [-0.25, -0.2) is 4.79 Å². The number of nitrogens with one attached hydrogen (secondary N) is 1. The van der Waals surface area contributed by atoms with E-state index in [2.05, 4.69) is 12.2 Å². The van der Waals surface area contributed by atoms with E-state index in [4.69, 9.17) is 0 Å². The first kappa shape index (κ1) is 15.4. The molecule has 2 amide bonds. The Hall–Kier alpha value is -2.04. The van der Waals surface area contributed by atoms with Crippen LogP contribution in [0.5, 0.6) is 0 Å². The third-order valence-corrected chi connectivity index (χ3v) is 4.04. The van der Waals surface area contributed by atoms with Gasteiger partial charge in [0.2, 0.25) is 0 Å². The molecule has 0 aliphatic heterocycles. The van der Waals surface area contributed by atoms with Crippen LogP contribution in [0, 0.1) is 0 Å². The fourth-order valence-electron chi connectivity index (χ4n) is 2.34. The molecule has 0 atom stereocenters. The predicted octanol–water partition coefficient (Wildman–Crippen LogP) is 3.07. The number of amides is 2. The van der Waals surface area contributed by atoms with Gasteiger partial charge in [-0.1, -0.05) is 25.5 Å². The second-order valence-corrected chi connectivity index (χ2v) is 5.67. The number of carbonyl (C=O) groups is 2. The average Bonchev–Trinajstić information content (AvgIpc) is 3.27. The van der Waals surface area contributed by atoms with Gasteiger partial charge in [-0.2, -0.15) is 0 Å². The highest BCUT2D eigenvalue weighted by Crippen LogP contribution is 2.48. The van der Waals surface area contributed by atoms with E-state index < -0.39 is 11.4 Å². The first-order valence-electron chi connectivity index (χ1n) is 7.35. The number of anilines is 1. The highest BCUT2D eigenvalue weighted by Gasteiger charge is 2.51. The van der Waals surface area contributed by atoms with Gasteiger partial charge in [0.05, 0.1) is 5.41 Å². The van der Waals surface area contributed by atoms with Crippen molar-refractivity contribution in [1.29, 1.82) is 0 Å². The van der Waals surface area contributed by atoms with Crippen LogP contribution in [0.2, 0.25) is 0 Å². The predicted molar refractivity (Wildman–Crippen MR) is 81.5 cm³/mol. The summed E-state index contributed by atoms with van der Waals surface area (Å²) in [6, 6.07) is 6.98. The fourth-order valence-corrected chi connectivity index (χ4v) is 2.34. The molecule has 1 saturated carbocycles. The zero-order valence-electron chi connectivity index (χ0n) is 12.6. The highest BCUT2D eigenvalue weighted by atomic mass is 16.4. The van der Waals surface area contributed by atoms with Gasteiger partial charge in [0.1, 0.15) is 0 Å². The molecular weight excluding hydrogens is 268 g/mol. The lowest BCUT2D eigenvalue weighted by Crippen LogP contribution is -2.32. The van der Waals surface area contributed by atoms with Gasteiger partial charge >= 0.3 is 12.0 Å². The van der Waals surface area contributed by atoms with Crippen LogP contribution in [-0.4, -0.2) is 35.6 Å².